The molecule has 2 aromatic rings. The largest absolute Gasteiger partial charge is 0.299 e. The molecule has 0 unspecified atom stereocenters. The number of aldehydes is 1. The maximum absolute atomic E-state index is 10.1. The van der Waals surface area contributed by atoms with Crippen LogP contribution < -0.4 is 0 Å². The quantitative estimate of drug-likeness (QED) is 0.528. The number of fused-ring (bicyclic) bond motifs is 1. The van der Waals surface area contributed by atoms with Gasteiger partial charge in [0.1, 0.15) is 6.29 Å². The third-order valence-corrected chi connectivity index (χ3v) is 2.00. The van der Waals surface area contributed by atoms with Crippen LogP contribution in [0.4, 0.5) is 0 Å². The molecule has 1 aromatic heterocycles. The Kier molecular flexibility index (Phi) is 2.36. The molecule has 1 heterocycles. The van der Waals surface area contributed by atoms with E-state index in [9.17, 15) is 4.79 Å². The number of rotatable bonds is 2. The molecule has 0 spiro atoms. The zero-order chi connectivity index (χ0) is 9.80. The van der Waals surface area contributed by atoms with E-state index in [0.29, 0.717) is 0 Å². The lowest BCUT2D eigenvalue weighted by Gasteiger charge is -1.97. The first kappa shape index (κ1) is 8.63. The molecule has 2 heteroatoms. The summed E-state index contributed by atoms with van der Waals surface area (Å²) in [6, 6.07) is 9.82. The molecule has 14 heavy (non-hydrogen) atoms. The van der Waals surface area contributed by atoms with Crippen molar-refractivity contribution in [3.8, 4) is 0 Å². The van der Waals surface area contributed by atoms with Gasteiger partial charge in [-0.25, -0.2) is 0 Å². The van der Waals surface area contributed by atoms with Crippen LogP contribution in [-0.4, -0.2) is 11.3 Å². The summed E-state index contributed by atoms with van der Waals surface area (Å²) < 4.78 is 0. The van der Waals surface area contributed by atoms with Crippen molar-refractivity contribution in [2.24, 2.45) is 0 Å². The van der Waals surface area contributed by atoms with Crippen molar-refractivity contribution in [3.63, 3.8) is 0 Å². The number of aromatic nitrogens is 1. The Morgan fingerprint density at radius 2 is 2.14 bits per heavy atom. The number of hydrogen-bond donors (Lipinski definition) is 0. The standard InChI is InChI=1S/C12H9NO/c14-8-2-3-10-5-6-11-4-1-7-13-12(11)9-10/h1-9H/b3-2+. The van der Waals surface area contributed by atoms with Crippen LogP contribution in [0.3, 0.4) is 0 Å². The lowest BCUT2D eigenvalue weighted by atomic mass is 10.1. The van der Waals surface area contributed by atoms with E-state index in [1.54, 1.807) is 12.3 Å². The van der Waals surface area contributed by atoms with Gasteiger partial charge in [-0.15, -0.1) is 0 Å². The lowest BCUT2D eigenvalue weighted by molar-refractivity contribution is -0.104. The summed E-state index contributed by atoms with van der Waals surface area (Å²) in [5, 5.41) is 1.11. The van der Waals surface area contributed by atoms with E-state index in [2.05, 4.69) is 4.98 Å². The van der Waals surface area contributed by atoms with E-state index in [0.717, 1.165) is 22.8 Å². The van der Waals surface area contributed by atoms with Gasteiger partial charge in [-0.3, -0.25) is 9.78 Å². The average molecular weight is 183 g/mol. The molecule has 2 rings (SSSR count). The van der Waals surface area contributed by atoms with Crippen molar-refractivity contribution in [1.82, 2.24) is 4.98 Å². The molecular weight excluding hydrogens is 174 g/mol. The molecule has 0 saturated carbocycles. The first-order chi connectivity index (χ1) is 6.90. The van der Waals surface area contributed by atoms with E-state index in [-0.39, 0.29) is 0 Å². The van der Waals surface area contributed by atoms with Crippen molar-refractivity contribution in [3.05, 3.63) is 48.2 Å². The fraction of sp³-hybridized carbons (Fsp3) is 0. The average Bonchev–Trinajstić information content (AvgIpc) is 2.26. The van der Waals surface area contributed by atoms with E-state index in [1.807, 2.05) is 30.3 Å². The van der Waals surface area contributed by atoms with Crippen LogP contribution in [0.25, 0.3) is 17.0 Å². The molecule has 0 aliphatic carbocycles. The van der Waals surface area contributed by atoms with Gasteiger partial charge in [-0.05, 0) is 23.8 Å². The predicted octanol–water partition coefficient (Wildman–Crippen LogP) is 2.45. The number of carbonyl (C=O) groups excluding carboxylic acids is 1. The Labute approximate surface area is 81.9 Å². The fourth-order valence-electron chi connectivity index (χ4n) is 1.34. The molecule has 0 N–H and O–H groups in total. The molecule has 0 aliphatic rings. The highest BCUT2D eigenvalue weighted by molar-refractivity contribution is 5.82. The number of hydrogen-bond acceptors (Lipinski definition) is 2. The summed E-state index contributed by atoms with van der Waals surface area (Å²) in [6.07, 6.45) is 5.77. The molecule has 0 atom stereocenters. The highest BCUT2D eigenvalue weighted by atomic mass is 16.1. The zero-order valence-corrected chi connectivity index (χ0v) is 7.55. The third-order valence-electron chi connectivity index (χ3n) is 2.00. The maximum Gasteiger partial charge on any atom is 0.142 e. The Balaban J connectivity index is 2.51. The number of allylic oxidation sites excluding steroid dienone is 1. The van der Waals surface area contributed by atoms with Crippen molar-refractivity contribution in [2.45, 2.75) is 0 Å². The third kappa shape index (κ3) is 1.69. The van der Waals surface area contributed by atoms with Crippen LogP contribution in [0.2, 0.25) is 0 Å². The maximum atomic E-state index is 10.1. The number of pyridine rings is 1. The van der Waals surface area contributed by atoms with Gasteiger partial charge in [0, 0.05) is 11.6 Å². The summed E-state index contributed by atoms with van der Waals surface area (Å²) in [5.74, 6) is 0. The minimum Gasteiger partial charge on any atom is -0.299 e. The van der Waals surface area contributed by atoms with Gasteiger partial charge >= 0.3 is 0 Å². The van der Waals surface area contributed by atoms with Crippen LogP contribution in [0, 0.1) is 0 Å². The molecule has 0 amide bonds. The van der Waals surface area contributed by atoms with Gasteiger partial charge in [0.2, 0.25) is 0 Å². The van der Waals surface area contributed by atoms with Gasteiger partial charge in [0.25, 0.3) is 0 Å². The highest BCUT2D eigenvalue weighted by Gasteiger charge is 1.93. The highest BCUT2D eigenvalue weighted by Crippen LogP contribution is 2.13. The Bertz CT molecular complexity index is 488. The first-order valence-corrected chi connectivity index (χ1v) is 4.37. The summed E-state index contributed by atoms with van der Waals surface area (Å²) in [5.41, 5.74) is 1.93. The Morgan fingerprint density at radius 3 is 3.00 bits per heavy atom. The van der Waals surface area contributed by atoms with Crippen LogP contribution in [0.5, 0.6) is 0 Å². The molecule has 1 aromatic carbocycles. The topological polar surface area (TPSA) is 30.0 Å². The smallest absolute Gasteiger partial charge is 0.142 e. The predicted molar refractivity (Wildman–Crippen MR) is 56.8 cm³/mol. The first-order valence-electron chi connectivity index (χ1n) is 4.37. The van der Waals surface area contributed by atoms with E-state index in [1.165, 1.54) is 6.08 Å². The van der Waals surface area contributed by atoms with Crippen LogP contribution in [0.1, 0.15) is 5.56 Å². The Morgan fingerprint density at radius 1 is 1.21 bits per heavy atom. The van der Waals surface area contributed by atoms with E-state index >= 15 is 0 Å². The normalized spacial score (nSPS) is 10.9. The molecule has 2 nitrogen and oxygen atoms in total. The number of nitrogens with zero attached hydrogens (tertiary/aromatic N) is 1. The number of benzene rings is 1. The van der Waals surface area contributed by atoms with Gasteiger partial charge in [0.05, 0.1) is 5.52 Å². The minimum absolute atomic E-state index is 0.766. The monoisotopic (exact) mass is 183 g/mol. The van der Waals surface area contributed by atoms with Crippen LogP contribution >= 0.6 is 0 Å². The molecule has 0 saturated heterocycles. The van der Waals surface area contributed by atoms with Gasteiger partial charge in [-0.1, -0.05) is 24.3 Å². The summed E-state index contributed by atoms with van der Waals surface area (Å²) >= 11 is 0. The fourth-order valence-corrected chi connectivity index (χ4v) is 1.34. The van der Waals surface area contributed by atoms with Crippen molar-refractivity contribution in [1.29, 1.82) is 0 Å². The molecule has 0 aliphatic heterocycles. The van der Waals surface area contributed by atoms with E-state index < -0.39 is 0 Å². The summed E-state index contributed by atoms with van der Waals surface area (Å²) in [4.78, 5) is 14.4. The van der Waals surface area contributed by atoms with E-state index in [4.69, 9.17) is 0 Å². The Hall–Kier alpha value is -1.96. The van der Waals surface area contributed by atoms with Gasteiger partial charge in [-0.2, -0.15) is 0 Å². The molecule has 0 bridgehead atoms. The second-order valence-corrected chi connectivity index (χ2v) is 2.95. The lowest BCUT2D eigenvalue weighted by Crippen LogP contribution is -1.78. The van der Waals surface area contributed by atoms with Crippen LogP contribution in [0.15, 0.2) is 42.6 Å². The molecule has 68 valence electrons. The minimum atomic E-state index is 0.766. The molecule has 0 radical (unpaired) electrons. The second-order valence-electron chi connectivity index (χ2n) is 2.95. The molecule has 0 fully saturated rings. The van der Waals surface area contributed by atoms with Gasteiger partial charge in [0.15, 0.2) is 0 Å². The SMILES string of the molecule is O=C/C=C/c1ccc2cccnc2c1. The summed E-state index contributed by atoms with van der Waals surface area (Å²) in [7, 11) is 0. The van der Waals surface area contributed by atoms with Crippen molar-refractivity contribution >= 4 is 23.3 Å². The summed E-state index contributed by atoms with van der Waals surface area (Å²) in [6.45, 7) is 0. The van der Waals surface area contributed by atoms with Crippen molar-refractivity contribution in [2.75, 3.05) is 0 Å². The molecular formula is C12H9NO. The van der Waals surface area contributed by atoms with Crippen molar-refractivity contribution < 1.29 is 4.79 Å². The second kappa shape index (κ2) is 3.83. The number of carbonyl (C=O) groups is 1. The zero-order valence-electron chi connectivity index (χ0n) is 7.55. The van der Waals surface area contributed by atoms with Crippen LogP contribution in [-0.2, 0) is 4.79 Å². The van der Waals surface area contributed by atoms with Gasteiger partial charge < -0.3 is 0 Å².